The van der Waals surface area contributed by atoms with Crippen molar-refractivity contribution in [2.45, 2.75) is 51.6 Å². The molecule has 2 rings (SSSR count). The van der Waals surface area contributed by atoms with Gasteiger partial charge in [0.15, 0.2) is 0 Å². The highest BCUT2D eigenvalue weighted by Crippen LogP contribution is 2.47. The van der Waals surface area contributed by atoms with Crippen LogP contribution < -0.4 is 11.1 Å². The summed E-state index contributed by atoms with van der Waals surface area (Å²) >= 11 is 0. The smallest absolute Gasteiger partial charge is 0.317 e. The molecule has 2 amide bonds. The number of hydrogen-bond donors (Lipinski definition) is 2. The fourth-order valence-corrected chi connectivity index (χ4v) is 3.31. The molecule has 1 aliphatic carbocycles. The van der Waals surface area contributed by atoms with Gasteiger partial charge >= 0.3 is 6.03 Å². The molecule has 1 saturated heterocycles. The van der Waals surface area contributed by atoms with Crippen LogP contribution in [0.4, 0.5) is 4.79 Å². The van der Waals surface area contributed by atoms with Gasteiger partial charge in [0.05, 0.1) is 0 Å². The van der Waals surface area contributed by atoms with Crippen LogP contribution in [0.2, 0.25) is 0 Å². The summed E-state index contributed by atoms with van der Waals surface area (Å²) in [4.78, 5) is 14.0. The lowest BCUT2D eigenvalue weighted by Gasteiger charge is -2.31. The first-order valence-electron chi connectivity index (χ1n) is 6.36. The number of hydrogen-bond acceptors (Lipinski definition) is 2. The summed E-state index contributed by atoms with van der Waals surface area (Å²) in [5.41, 5.74) is 6.15. The van der Waals surface area contributed by atoms with E-state index in [4.69, 9.17) is 5.73 Å². The largest absolute Gasteiger partial charge is 0.336 e. The summed E-state index contributed by atoms with van der Waals surface area (Å²) in [7, 11) is 0. The predicted octanol–water partition coefficient (Wildman–Crippen LogP) is 1.31. The van der Waals surface area contributed by atoms with E-state index in [1.54, 1.807) is 0 Å². The van der Waals surface area contributed by atoms with Crippen LogP contribution in [0.1, 0.15) is 39.5 Å². The first kappa shape index (κ1) is 11.7. The van der Waals surface area contributed by atoms with E-state index >= 15 is 0 Å². The lowest BCUT2D eigenvalue weighted by atomic mass is 9.82. The van der Waals surface area contributed by atoms with Crippen LogP contribution in [0.5, 0.6) is 0 Å². The van der Waals surface area contributed by atoms with Gasteiger partial charge in [-0.05, 0) is 39.7 Å². The molecule has 2 aliphatic rings. The van der Waals surface area contributed by atoms with Crippen LogP contribution in [0.15, 0.2) is 0 Å². The molecule has 2 atom stereocenters. The van der Waals surface area contributed by atoms with Gasteiger partial charge in [-0.15, -0.1) is 0 Å². The summed E-state index contributed by atoms with van der Waals surface area (Å²) in [5.74, 6) is 0. The molecule has 4 heteroatoms. The lowest BCUT2D eigenvalue weighted by Crippen LogP contribution is -2.48. The maximum atomic E-state index is 12.0. The molecular formula is C12H23N3O. The molecule has 0 radical (unpaired) electrons. The number of carbonyl (C=O) groups is 1. The highest BCUT2D eigenvalue weighted by molar-refractivity contribution is 5.75. The number of carbonyl (C=O) groups excluding carboxylic acids is 1. The van der Waals surface area contributed by atoms with Gasteiger partial charge in [-0.3, -0.25) is 0 Å². The van der Waals surface area contributed by atoms with Crippen molar-refractivity contribution in [2.75, 3.05) is 13.1 Å². The van der Waals surface area contributed by atoms with Crippen molar-refractivity contribution in [3.63, 3.8) is 0 Å². The van der Waals surface area contributed by atoms with E-state index in [-0.39, 0.29) is 17.5 Å². The first-order chi connectivity index (χ1) is 7.59. The zero-order valence-electron chi connectivity index (χ0n) is 10.3. The second kappa shape index (κ2) is 4.24. The first-order valence-corrected chi connectivity index (χ1v) is 6.36. The maximum absolute atomic E-state index is 12.0. The van der Waals surface area contributed by atoms with Crippen LogP contribution in [-0.4, -0.2) is 36.1 Å². The fourth-order valence-electron chi connectivity index (χ4n) is 3.31. The van der Waals surface area contributed by atoms with Gasteiger partial charge in [-0.2, -0.15) is 0 Å². The molecule has 1 saturated carbocycles. The Morgan fingerprint density at radius 3 is 2.94 bits per heavy atom. The zero-order chi connectivity index (χ0) is 11.8. The van der Waals surface area contributed by atoms with E-state index in [2.05, 4.69) is 5.32 Å². The van der Waals surface area contributed by atoms with Gasteiger partial charge < -0.3 is 16.0 Å². The Labute approximate surface area is 97.6 Å². The van der Waals surface area contributed by atoms with E-state index in [0.29, 0.717) is 6.04 Å². The molecular weight excluding hydrogens is 202 g/mol. The highest BCUT2D eigenvalue weighted by Gasteiger charge is 2.50. The van der Waals surface area contributed by atoms with E-state index in [0.717, 1.165) is 25.9 Å². The minimum atomic E-state index is 0.0947. The highest BCUT2D eigenvalue weighted by atomic mass is 16.2. The van der Waals surface area contributed by atoms with Gasteiger partial charge in [0.2, 0.25) is 0 Å². The van der Waals surface area contributed by atoms with Gasteiger partial charge in [0, 0.05) is 24.0 Å². The van der Waals surface area contributed by atoms with Crippen molar-refractivity contribution in [3.05, 3.63) is 0 Å². The van der Waals surface area contributed by atoms with Crippen molar-refractivity contribution in [1.29, 1.82) is 0 Å². The van der Waals surface area contributed by atoms with E-state index in [1.165, 1.54) is 12.8 Å². The Morgan fingerprint density at radius 2 is 2.31 bits per heavy atom. The summed E-state index contributed by atoms with van der Waals surface area (Å²) < 4.78 is 0. The molecule has 0 bridgehead atoms. The number of urea groups is 1. The van der Waals surface area contributed by atoms with Crippen molar-refractivity contribution in [2.24, 2.45) is 11.1 Å². The number of fused-ring (bicyclic) bond motifs is 1. The van der Waals surface area contributed by atoms with Crippen molar-refractivity contribution >= 4 is 6.03 Å². The summed E-state index contributed by atoms with van der Waals surface area (Å²) in [6.45, 7) is 5.60. The van der Waals surface area contributed by atoms with E-state index in [1.807, 2.05) is 18.7 Å². The number of amides is 2. The Hall–Kier alpha value is -0.770. The number of rotatable bonds is 2. The van der Waals surface area contributed by atoms with Crippen LogP contribution >= 0.6 is 0 Å². The van der Waals surface area contributed by atoms with Crippen LogP contribution in [0.3, 0.4) is 0 Å². The summed E-state index contributed by atoms with van der Waals surface area (Å²) in [6, 6.07) is 0.690. The molecule has 4 nitrogen and oxygen atoms in total. The molecule has 0 aromatic heterocycles. The van der Waals surface area contributed by atoms with Crippen LogP contribution in [0.25, 0.3) is 0 Å². The molecule has 0 aromatic rings. The molecule has 2 fully saturated rings. The Kier molecular flexibility index (Phi) is 3.10. The number of nitrogens with two attached hydrogens (primary N) is 1. The van der Waals surface area contributed by atoms with Crippen molar-refractivity contribution in [1.82, 2.24) is 10.2 Å². The molecule has 0 unspecified atom stereocenters. The molecule has 1 heterocycles. The fraction of sp³-hybridized carbons (Fsp3) is 0.917. The molecule has 0 spiro atoms. The molecule has 1 aliphatic heterocycles. The topological polar surface area (TPSA) is 58.4 Å². The van der Waals surface area contributed by atoms with Gasteiger partial charge in [-0.25, -0.2) is 4.79 Å². The third-order valence-corrected chi connectivity index (χ3v) is 4.17. The Bertz CT molecular complexity index is 279. The maximum Gasteiger partial charge on any atom is 0.317 e. The van der Waals surface area contributed by atoms with Crippen LogP contribution in [0, 0.1) is 5.41 Å². The number of nitrogens with zero attached hydrogens (tertiary/aromatic N) is 1. The number of nitrogens with one attached hydrogen (secondary N) is 1. The van der Waals surface area contributed by atoms with E-state index in [9.17, 15) is 4.79 Å². The van der Waals surface area contributed by atoms with Gasteiger partial charge in [0.25, 0.3) is 0 Å². The standard InChI is InChI=1S/C12H23N3O/c1-9(2)14-11(16)15-7-6-12(8-13)5-3-4-10(12)15/h9-10H,3-8,13H2,1-2H3,(H,14,16)/t10-,12-/m1/s1. The van der Waals surface area contributed by atoms with Gasteiger partial charge in [0.1, 0.15) is 0 Å². The van der Waals surface area contributed by atoms with Crippen molar-refractivity contribution in [3.8, 4) is 0 Å². The molecule has 16 heavy (non-hydrogen) atoms. The lowest BCUT2D eigenvalue weighted by molar-refractivity contribution is 0.171. The van der Waals surface area contributed by atoms with Crippen LogP contribution in [-0.2, 0) is 0 Å². The van der Waals surface area contributed by atoms with Crippen molar-refractivity contribution < 1.29 is 4.79 Å². The predicted molar refractivity (Wildman–Crippen MR) is 64.1 cm³/mol. The molecule has 92 valence electrons. The second-order valence-corrected chi connectivity index (χ2v) is 5.52. The minimum Gasteiger partial charge on any atom is -0.336 e. The quantitative estimate of drug-likeness (QED) is 0.744. The third-order valence-electron chi connectivity index (χ3n) is 4.17. The number of likely N-dealkylation sites (tertiary alicyclic amines) is 1. The van der Waals surface area contributed by atoms with E-state index < -0.39 is 0 Å². The average molecular weight is 225 g/mol. The SMILES string of the molecule is CC(C)NC(=O)N1CC[C@@]2(CN)CCC[C@@H]12. The monoisotopic (exact) mass is 225 g/mol. The Morgan fingerprint density at radius 1 is 1.56 bits per heavy atom. The third kappa shape index (κ3) is 1.79. The summed E-state index contributed by atoms with van der Waals surface area (Å²) in [6.07, 6.45) is 4.62. The zero-order valence-corrected chi connectivity index (χ0v) is 10.3. The normalized spacial score (nSPS) is 33.2. The summed E-state index contributed by atoms with van der Waals surface area (Å²) in [5, 5.41) is 2.98. The molecule has 3 N–H and O–H groups in total. The molecule has 0 aromatic carbocycles. The Balaban J connectivity index is 2.06. The average Bonchev–Trinajstić information content (AvgIpc) is 2.73. The van der Waals surface area contributed by atoms with Gasteiger partial charge in [-0.1, -0.05) is 6.42 Å². The minimum absolute atomic E-state index is 0.0947. The second-order valence-electron chi connectivity index (χ2n) is 5.52.